The van der Waals surface area contributed by atoms with E-state index >= 15 is 0 Å². The van der Waals surface area contributed by atoms with E-state index in [0.717, 1.165) is 5.56 Å². The van der Waals surface area contributed by atoms with Gasteiger partial charge < -0.3 is 9.47 Å². The molecule has 0 fully saturated rings. The van der Waals surface area contributed by atoms with Gasteiger partial charge in [0.15, 0.2) is 0 Å². The monoisotopic (exact) mass is 297 g/mol. The summed E-state index contributed by atoms with van der Waals surface area (Å²) in [5, 5.41) is 0. The number of hydrogen-bond donors (Lipinski definition) is 0. The fourth-order valence-corrected chi connectivity index (χ4v) is 1.92. The maximum absolute atomic E-state index is 12.1. The quantitative estimate of drug-likeness (QED) is 0.623. The second-order valence-corrected chi connectivity index (χ2v) is 5.33. The highest BCUT2D eigenvalue weighted by Crippen LogP contribution is 2.31. The summed E-state index contributed by atoms with van der Waals surface area (Å²) in [5.41, 5.74) is -0.0640. The molecule has 22 heavy (non-hydrogen) atoms. The maximum atomic E-state index is 12.1. The number of para-hydroxylation sites is 1. The van der Waals surface area contributed by atoms with Crippen molar-refractivity contribution in [2.45, 2.75) is 13.8 Å². The second kappa shape index (κ2) is 6.89. The number of pyridine rings is 1. The van der Waals surface area contributed by atoms with Gasteiger partial charge in [-0.25, -0.2) is 0 Å². The summed E-state index contributed by atoms with van der Waals surface area (Å²) in [5.74, 6) is 0.798. The topological polar surface area (TPSA) is 48.4 Å². The number of rotatable bonds is 5. The summed E-state index contributed by atoms with van der Waals surface area (Å²) >= 11 is 0. The van der Waals surface area contributed by atoms with Crippen molar-refractivity contribution in [3.8, 4) is 5.75 Å². The Bertz CT molecular complexity index is 649. The number of methoxy groups -OCH3 is 1. The largest absolute Gasteiger partial charge is 0.468 e. The molecule has 1 aromatic carbocycles. The minimum Gasteiger partial charge on any atom is -0.468 e. The number of aromatic nitrogens is 1. The van der Waals surface area contributed by atoms with Gasteiger partial charge in [0.25, 0.3) is 0 Å². The first-order valence-electron chi connectivity index (χ1n) is 6.97. The molecule has 2 aromatic rings. The van der Waals surface area contributed by atoms with E-state index in [0.29, 0.717) is 11.5 Å². The maximum Gasteiger partial charge on any atom is 0.318 e. The molecular weight excluding hydrogens is 278 g/mol. The summed E-state index contributed by atoms with van der Waals surface area (Å²) in [6.07, 6.45) is 5.21. The molecule has 0 amide bonds. The molecule has 1 aromatic heterocycles. The molecule has 4 nitrogen and oxygen atoms in total. The first kappa shape index (κ1) is 15.8. The molecule has 0 atom stereocenters. The Morgan fingerprint density at radius 3 is 2.45 bits per heavy atom. The van der Waals surface area contributed by atoms with Crippen molar-refractivity contribution in [2.75, 3.05) is 7.11 Å². The average molecular weight is 297 g/mol. The number of carbonyl (C=O) groups is 1. The van der Waals surface area contributed by atoms with Crippen LogP contribution < -0.4 is 4.74 Å². The van der Waals surface area contributed by atoms with Crippen LogP contribution in [-0.2, 0) is 9.53 Å². The molecule has 2 rings (SSSR count). The predicted molar refractivity (Wildman–Crippen MR) is 85.1 cm³/mol. The lowest BCUT2D eigenvalue weighted by Gasteiger charge is -2.25. The van der Waals surface area contributed by atoms with Gasteiger partial charge in [0.1, 0.15) is 16.9 Å². The molecule has 0 spiro atoms. The Morgan fingerprint density at radius 2 is 1.86 bits per heavy atom. The second-order valence-electron chi connectivity index (χ2n) is 5.33. The van der Waals surface area contributed by atoms with Gasteiger partial charge in [0, 0.05) is 12.4 Å². The van der Waals surface area contributed by atoms with Gasteiger partial charge in [-0.2, -0.15) is 0 Å². The minimum absolute atomic E-state index is 0.362. The summed E-state index contributed by atoms with van der Waals surface area (Å²) in [6.45, 7) is 3.54. The molecule has 0 radical (unpaired) electrons. The highest BCUT2D eigenvalue weighted by Gasteiger charge is 2.35. The van der Waals surface area contributed by atoms with Crippen LogP contribution in [0.4, 0.5) is 0 Å². The van der Waals surface area contributed by atoms with Gasteiger partial charge >= 0.3 is 5.97 Å². The molecule has 4 heteroatoms. The van der Waals surface area contributed by atoms with Crippen molar-refractivity contribution >= 4 is 12.0 Å². The number of carbonyl (C=O) groups excluding carboxylic acids is 1. The minimum atomic E-state index is -0.916. The van der Waals surface area contributed by atoms with Gasteiger partial charge in [0.2, 0.25) is 0 Å². The Morgan fingerprint density at radius 1 is 1.14 bits per heavy atom. The van der Waals surface area contributed by atoms with E-state index in [1.165, 1.54) is 7.11 Å². The third kappa shape index (κ3) is 3.73. The van der Waals surface area contributed by atoms with E-state index in [9.17, 15) is 4.79 Å². The molecule has 114 valence electrons. The van der Waals surface area contributed by atoms with E-state index in [1.54, 1.807) is 32.3 Å². The molecule has 0 aliphatic carbocycles. The van der Waals surface area contributed by atoms with Crippen LogP contribution in [0, 0.1) is 5.41 Å². The van der Waals surface area contributed by atoms with Crippen molar-refractivity contribution in [3.05, 3.63) is 66.2 Å². The average Bonchev–Trinajstić information content (AvgIpc) is 2.55. The number of hydrogen-bond acceptors (Lipinski definition) is 4. The zero-order valence-electron chi connectivity index (χ0n) is 12.9. The summed E-state index contributed by atoms with van der Waals surface area (Å²) in [7, 11) is 1.37. The Labute approximate surface area is 130 Å². The van der Waals surface area contributed by atoms with E-state index < -0.39 is 5.41 Å². The molecule has 0 N–H and O–H groups in total. The first-order chi connectivity index (χ1) is 10.5. The van der Waals surface area contributed by atoms with Crippen molar-refractivity contribution in [1.29, 1.82) is 0 Å². The first-order valence-corrected chi connectivity index (χ1v) is 6.97. The van der Waals surface area contributed by atoms with Crippen LogP contribution in [-0.4, -0.2) is 18.1 Å². The van der Waals surface area contributed by atoms with Gasteiger partial charge in [-0.1, -0.05) is 24.3 Å². The highest BCUT2D eigenvalue weighted by molar-refractivity contribution is 5.81. The van der Waals surface area contributed by atoms with Crippen LogP contribution in [0.5, 0.6) is 5.75 Å². The normalized spacial score (nSPS) is 11.9. The van der Waals surface area contributed by atoms with Crippen LogP contribution in [0.15, 0.2) is 60.6 Å². The lowest BCUT2D eigenvalue weighted by Crippen LogP contribution is -2.30. The predicted octanol–water partition coefficient (Wildman–Crippen LogP) is 3.70. The van der Waals surface area contributed by atoms with E-state index in [-0.39, 0.29) is 5.97 Å². The van der Waals surface area contributed by atoms with Gasteiger partial charge in [-0.3, -0.25) is 9.78 Å². The van der Waals surface area contributed by atoms with Crippen molar-refractivity contribution in [2.24, 2.45) is 5.41 Å². The molecule has 1 heterocycles. The van der Waals surface area contributed by atoms with Gasteiger partial charge in [-0.05, 0) is 43.7 Å². The van der Waals surface area contributed by atoms with Crippen LogP contribution in [0.2, 0.25) is 0 Å². The van der Waals surface area contributed by atoms with Gasteiger partial charge in [0.05, 0.1) is 7.11 Å². The Hall–Kier alpha value is -2.62. The highest BCUT2D eigenvalue weighted by atomic mass is 16.5. The molecule has 0 saturated carbocycles. The molecule has 0 saturated heterocycles. The SMILES string of the molecule is COC(=O)C(C)(C)/C(=C\c1cccnc1)Oc1ccccc1. The standard InChI is InChI=1S/C18H19NO3/c1-18(2,17(20)21-3)16(12-14-8-7-11-19-13-14)22-15-9-5-4-6-10-15/h4-13H,1-3H3/b16-12+. The van der Waals surface area contributed by atoms with Gasteiger partial charge in [-0.15, -0.1) is 0 Å². The van der Waals surface area contributed by atoms with Crippen LogP contribution in [0.25, 0.3) is 6.08 Å². The molecule has 0 bridgehead atoms. The number of nitrogens with zero attached hydrogens (tertiary/aromatic N) is 1. The number of ether oxygens (including phenoxy) is 2. The summed E-state index contributed by atoms with van der Waals surface area (Å²) in [6, 6.07) is 13.1. The number of esters is 1. The Balaban J connectivity index is 2.41. The summed E-state index contributed by atoms with van der Waals surface area (Å²) in [4.78, 5) is 16.2. The third-order valence-corrected chi connectivity index (χ3v) is 3.26. The zero-order valence-corrected chi connectivity index (χ0v) is 12.9. The van der Waals surface area contributed by atoms with Crippen LogP contribution in [0.3, 0.4) is 0 Å². The van der Waals surface area contributed by atoms with Crippen LogP contribution in [0.1, 0.15) is 19.4 Å². The van der Waals surface area contributed by atoms with E-state index in [2.05, 4.69) is 4.98 Å². The smallest absolute Gasteiger partial charge is 0.318 e. The molecule has 0 aliphatic rings. The molecule has 0 unspecified atom stereocenters. The lowest BCUT2D eigenvalue weighted by atomic mass is 9.89. The third-order valence-electron chi connectivity index (χ3n) is 3.26. The number of benzene rings is 1. The zero-order chi connectivity index (χ0) is 16.0. The van der Waals surface area contributed by atoms with Crippen LogP contribution >= 0.6 is 0 Å². The van der Waals surface area contributed by atoms with Crippen molar-refractivity contribution in [3.63, 3.8) is 0 Å². The fraction of sp³-hybridized carbons (Fsp3) is 0.222. The van der Waals surface area contributed by atoms with E-state index in [1.807, 2.05) is 42.5 Å². The van der Waals surface area contributed by atoms with E-state index in [4.69, 9.17) is 9.47 Å². The lowest BCUT2D eigenvalue weighted by molar-refractivity contribution is -0.149. The fourth-order valence-electron chi connectivity index (χ4n) is 1.92. The summed E-state index contributed by atoms with van der Waals surface area (Å²) < 4.78 is 10.8. The Kier molecular flexibility index (Phi) is 4.94. The molecular formula is C18H19NO3. The van der Waals surface area contributed by atoms with Crippen molar-refractivity contribution < 1.29 is 14.3 Å². The molecule has 0 aliphatic heterocycles. The van der Waals surface area contributed by atoms with Crippen molar-refractivity contribution in [1.82, 2.24) is 4.98 Å².